The van der Waals surface area contributed by atoms with E-state index in [1.165, 1.54) is 6.07 Å². The molecule has 1 aliphatic rings. The molecule has 1 saturated heterocycles. The molecule has 0 spiro atoms. The zero-order valence-electron chi connectivity index (χ0n) is 10.1. The Labute approximate surface area is 115 Å². The van der Waals surface area contributed by atoms with Crippen LogP contribution in [0.2, 0.25) is 0 Å². The van der Waals surface area contributed by atoms with Gasteiger partial charge in [0, 0.05) is 19.3 Å². The first-order valence-electron chi connectivity index (χ1n) is 5.64. The van der Waals surface area contributed by atoms with Gasteiger partial charge in [0.1, 0.15) is 17.2 Å². The maximum Gasteiger partial charge on any atom is 0.244 e. The van der Waals surface area contributed by atoms with Crippen LogP contribution < -0.4 is 11.1 Å². The molecule has 1 fully saturated rings. The van der Waals surface area contributed by atoms with Gasteiger partial charge in [0.2, 0.25) is 5.91 Å². The van der Waals surface area contributed by atoms with Gasteiger partial charge in [-0.3, -0.25) is 4.79 Å². The molecule has 0 bridgehead atoms. The molecule has 1 aromatic rings. The summed E-state index contributed by atoms with van der Waals surface area (Å²) in [6.45, 7) is 0.797. The zero-order chi connectivity index (χ0) is 13.2. The second-order valence-electron chi connectivity index (χ2n) is 4.35. The van der Waals surface area contributed by atoms with Crippen molar-refractivity contribution in [3.05, 3.63) is 29.8 Å². The molecule has 0 aliphatic carbocycles. The normalized spacial score (nSPS) is 17.4. The lowest BCUT2D eigenvalue weighted by molar-refractivity contribution is -0.124. The van der Waals surface area contributed by atoms with E-state index in [1.54, 1.807) is 0 Å². The van der Waals surface area contributed by atoms with E-state index in [0.717, 1.165) is 6.07 Å². The Hall–Kier alpha value is -1.24. The van der Waals surface area contributed by atoms with Crippen molar-refractivity contribution in [1.82, 2.24) is 0 Å². The summed E-state index contributed by atoms with van der Waals surface area (Å²) in [5.74, 6) is -1.99. The van der Waals surface area contributed by atoms with E-state index in [4.69, 9.17) is 10.5 Å². The minimum absolute atomic E-state index is 0. The van der Waals surface area contributed by atoms with E-state index in [2.05, 4.69) is 5.32 Å². The van der Waals surface area contributed by atoms with Gasteiger partial charge in [-0.05, 0) is 25.0 Å². The fraction of sp³-hybridized carbons (Fsp3) is 0.417. The van der Waals surface area contributed by atoms with Crippen LogP contribution in [0.15, 0.2) is 18.2 Å². The fourth-order valence-electron chi connectivity index (χ4n) is 1.80. The van der Waals surface area contributed by atoms with Crippen LogP contribution in [0, 0.1) is 11.6 Å². The standard InChI is InChI=1S/C12H14F2N2O2.ClH/c13-8-1-2-10(9(14)7-8)16-11(17)12(15)3-5-18-6-4-12;/h1-2,7H,3-6,15H2,(H,16,17);1H. The number of anilines is 1. The number of rotatable bonds is 2. The zero-order valence-corrected chi connectivity index (χ0v) is 10.9. The van der Waals surface area contributed by atoms with E-state index in [9.17, 15) is 13.6 Å². The predicted molar refractivity (Wildman–Crippen MR) is 69.2 cm³/mol. The number of carbonyl (C=O) groups is 1. The van der Waals surface area contributed by atoms with Gasteiger partial charge >= 0.3 is 0 Å². The van der Waals surface area contributed by atoms with E-state index in [0.29, 0.717) is 32.1 Å². The molecule has 1 aliphatic heterocycles. The van der Waals surface area contributed by atoms with E-state index in [1.807, 2.05) is 0 Å². The maximum absolute atomic E-state index is 13.4. The van der Waals surface area contributed by atoms with Crippen molar-refractivity contribution in [2.24, 2.45) is 5.73 Å². The third-order valence-electron chi connectivity index (χ3n) is 3.02. The molecule has 4 nitrogen and oxygen atoms in total. The van der Waals surface area contributed by atoms with Crippen LogP contribution >= 0.6 is 12.4 Å². The Morgan fingerprint density at radius 2 is 1.95 bits per heavy atom. The van der Waals surface area contributed by atoms with Gasteiger partial charge in [-0.2, -0.15) is 0 Å². The molecule has 3 N–H and O–H groups in total. The number of amides is 1. The number of hydrogen-bond acceptors (Lipinski definition) is 3. The van der Waals surface area contributed by atoms with Gasteiger partial charge in [0.15, 0.2) is 0 Å². The Balaban J connectivity index is 0.00000180. The quantitative estimate of drug-likeness (QED) is 0.874. The molecule has 0 atom stereocenters. The molecule has 1 aromatic carbocycles. The van der Waals surface area contributed by atoms with Crippen LogP contribution in [0.3, 0.4) is 0 Å². The number of hydrogen-bond donors (Lipinski definition) is 2. The summed E-state index contributed by atoms with van der Waals surface area (Å²) in [7, 11) is 0. The maximum atomic E-state index is 13.4. The number of carbonyl (C=O) groups excluding carboxylic acids is 1. The van der Waals surface area contributed by atoms with Gasteiger partial charge in [0.05, 0.1) is 5.69 Å². The molecule has 19 heavy (non-hydrogen) atoms. The van der Waals surface area contributed by atoms with E-state index < -0.39 is 23.1 Å². The van der Waals surface area contributed by atoms with E-state index >= 15 is 0 Å². The lowest BCUT2D eigenvalue weighted by Gasteiger charge is -2.31. The molecule has 7 heteroatoms. The molecular formula is C12H15ClF2N2O2. The summed E-state index contributed by atoms with van der Waals surface area (Å²) in [6.07, 6.45) is 0.753. The molecule has 0 unspecified atom stereocenters. The summed E-state index contributed by atoms with van der Waals surface area (Å²) in [6, 6.07) is 2.96. The highest BCUT2D eigenvalue weighted by Gasteiger charge is 2.36. The Bertz CT molecular complexity index is 465. The van der Waals surface area contributed by atoms with Crippen molar-refractivity contribution in [3.63, 3.8) is 0 Å². The molecule has 0 saturated carbocycles. The monoisotopic (exact) mass is 292 g/mol. The van der Waals surface area contributed by atoms with Gasteiger partial charge in [-0.1, -0.05) is 0 Å². The third kappa shape index (κ3) is 3.62. The minimum Gasteiger partial charge on any atom is -0.381 e. The smallest absolute Gasteiger partial charge is 0.244 e. The van der Waals surface area contributed by atoms with Crippen molar-refractivity contribution in [3.8, 4) is 0 Å². The highest BCUT2D eigenvalue weighted by atomic mass is 35.5. The molecule has 1 amide bonds. The minimum atomic E-state index is -1.06. The highest BCUT2D eigenvalue weighted by Crippen LogP contribution is 2.21. The average Bonchev–Trinajstić information content (AvgIpc) is 2.33. The summed E-state index contributed by atoms with van der Waals surface area (Å²) in [4.78, 5) is 12.0. The first-order chi connectivity index (χ1) is 8.51. The van der Waals surface area contributed by atoms with Crippen LogP contribution in [-0.2, 0) is 9.53 Å². The molecule has 2 rings (SSSR count). The number of nitrogens with one attached hydrogen (secondary N) is 1. The largest absolute Gasteiger partial charge is 0.381 e. The summed E-state index contributed by atoms with van der Waals surface area (Å²) in [5, 5.41) is 2.39. The predicted octanol–water partition coefficient (Wildman–Crippen LogP) is 1.83. The summed E-state index contributed by atoms with van der Waals surface area (Å²) >= 11 is 0. The molecule has 0 radical (unpaired) electrons. The fourth-order valence-corrected chi connectivity index (χ4v) is 1.80. The number of nitrogens with two attached hydrogens (primary N) is 1. The van der Waals surface area contributed by atoms with Gasteiger partial charge < -0.3 is 15.8 Å². The number of benzene rings is 1. The average molecular weight is 293 g/mol. The van der Waals surface area contributed by atoms with Crippen LogP contribution in [0.4, 0.5) is 14.5 Å². The van der Waals surface area contributed by atoms with Gasteiger partial charge in [-0.15, -0.1) is 12.4 Å². The highest BCUT2D eigenvalue weighted by molar-refractivity contribution is 5.98. The molecule has 106 valence electrons. The van der Waals surface area contributed by atoms with Crippen LogP contribution in [0.25, 0.3) is 0 Å². The summed E-state index contributed by atoms with van der Waals surface area (Å²) < 4.78 is 31.2. The van der Waals surface area contributed by atoms with Crippen LogP contribution in [0.5, 0.6) is 0 Å². The Morgan fingerprint density at radius 1 is 1.32 bits per heavy atom. The van der Waals surface area contributed by atoms with Crippen molar-refractivity contribution in [2.75, 3.05) is 18.5 Å². The van der Waals surface area contributed by atoms with Crippen molar-refractivity contribution in [2.45, 2.75) is 18.4 Å². The Morgan fingerprint density at radius 3 is 2.53 bits per heavy atom. The molecule has 1 heterocycles. The SMILES string of the molecule is Cl.NC1(C(=O)Nc2ccc(F)cc2F)CCOCC1. The topological polar surface area (TPSA) is 64.4 Å². The van der Waals surface area contributed by atoms with Crippen LogP contribution in [0.1, 0.15) is 12.8 Å². The van der Waals surface area contributed by atoms with Crippen LogP contribution in [-0.4, -0.2) is 24.7 Å². The van der Waals surface area contributed by atoms with Crippen molar-refractivity contribution >= 4 is 24.0 Å². The number of halogens is 3. The van der Waals surface area contributed by atoms with Gasteiger partial charge in [-0.25, -0.2) is 8.78 Å². The first kappa shape index (κ1) is 15.8. The van der Waals surface area contributed by atoms with Crippen molar-refractivity contribution in [1.29, 1.82) is 0 Å². The Kier molecular flexibility index (Phi) is 5.22. The van der Waals surface area contributed by atoms with Crippen molar-refractivity contribution < 1.29 is 18.3 Å². The third-order valence-corrected chi connectivity index (χ3v) is 3.02. The molecular weight excluding hydrogens is 278 g/mol. The second-order valence-corrected chi connectivity index (χ2v) is 4.35. The summed E-state index contributed by atoms with van der Waals surface area (Å²) in [5.41, 5.74) is 4.81. The van der Waals surface area contributed by atoms with E-state index in [-0.39, 0.29) is 18.1 Å². The lowest BCUT2D eigenvalue weighted by atomic mass is 9.90. The number of ether oxygens (including phenoxy) is 1. The second kappa shape index (κ2) is 6.27. The van der Waals surface area contributed by atoms with Gasteiger partial charge in [0.25, 0.3) is 0 Å². The molecule has 0 aromatic heterocycles. The first-order valence-corrected chi connectivity index (χ1v) is 5.64. The lowest BCUT2D eigenvalue weighted by Crippen LogP contribution is -2.54.